The number of pyridine rings is 1. The Morgan fingerprint density at radius 3 is 2.46 bits per heavy atom. The summed E-state index contributed by atoms with van der Waals surface area (Å²) in [5.74, 6) is 1.76. The van der Waals surface area contributed by atoms with Crippen LogP contribution >= 0.6 is 0 Å². The second kappa shape index (κ2) is 8.81. The Balaban J connectivity index is 1.52. The predicted octanol–water partition coefficient (Wildman–Crippen LogP) is 3.39. The molecule has 0 spiro atoms. The van der Waals surface area contributed by atoms with Gasteiger partial charge in [0.2, 0.25) is 0 Å². The molecule has 3 rings (SSSR count). The van der Waals surface area contributed by atoms with Crippen LogP contribution < -0.4 is 10.2 Å². The van der Waals surface area contributed by atoms with Crippen molar-refractivity contribution in [1.82, 2.24) is 10.3 Å². The Kier molecular flexibility index (Phi) is 6.23. The van der Waals surface area contributed by atoms with Crippen molar-refractivity contribution >= 4 is 11.7 Å². The van der Waals surface area contributed by atoms with Crippen LogP contribution in [0.1, 0.15) is 41.3 Å². The minimum Gasteiger partial charge on any atom is -0.380 e. The quantitative estimate of drug-likeness (QED) is 0.865. The van der Waals surface area contributed by atoms with Crippen LogP contribution in [0.15, 0.2) is 42.6 Å². The molecule has 1 aliphatic heterocycles. The van der Waals surface area contributed by atoms with Crippen LogP contribution in [0.5, 0.6) is 0 Å². The van der Waals surface area contributed by atoms with E-state index in [0.29, 0.717) is 18.7 Å². The van der Waals surface area contributed by atoms with Gasteiger partial charge in [0.15, 0.2) is 0 Å². The Bertz CT molecular complexity index is 705. The third-order valence-corrected chi connectivity index (χ3v) is 4.90. The molecular weight excluding hydrogens is 326 g/mol. The molecule has 1 saturated heterocycles. The van der Waals surface area contributed by atoms with Gasteiger partial charge >= 0.3 is 0 Å². The van der Waals surface area contributed by atoms with E-state index in [2.05, 4.69) is 28.2 Å². The van der Waals surface area contributed by atoms with E-state index in [1.54, 1.807) is 7.11 Å². The Labute approximate surface area is 155 Å². The molecule has 5 heteroatoms. The average Bonchev–Trinajstić information content (AvgIpc) is 2.68. The molecule has 1 amide bonds. The topological polar surface area (TPSA) is 54.5 Å². The normalized spacial score (nSPS) is 15.1. The van der Waals surface area contributed by atoms with Crippen molar-refractivity contribution in [2.24, 2.45) is 5.92 Å². The smallest absolute Gasteiger partial charge is 0.251 e. The van der Waals surface area contributed by atoms with E-state index in [4.69, 9.17) is 4.74 Å². The highest BCUT2D eigenvalue weighted by molar-refractivity contribution is 5.94. The zero-order chi connectivity index (χ0) is 18.4. The minimum atomic E-state index is -0.0805. The molecule has 1 fully saturated rings. The SMILES string of the molecule is COCc1ccc(C(=O)NCc2ccc(N3CCC(C)CC3)nc2)cc1. The summed E-state index contributed by atoms with van der Waals surface area (Å²) < 4.78 is 5.08. The summed E-state index contributed by atoms with van der Waals surface area (Å²) in [6.07, 6.45) is 4.31. The summed E-state index contributed by atoms with van der Waals surface area (Å²) in [6, 6.07) is 11.6. The molecular formula is C21H27N3O2. The average molecular weight is 353 g/mol. The van der Waals surface area contributed by atoms with Crippen molar-refractivity contribution in [2.45, 2.75) is 32.9 Å². The molecule has 0 saturated carbocycles. The molecule has 1 aromatic carbocycles. The maximum atomic E-state index is 12.3. The van der Waals surface area contributed by atoms with Crippen molar-refractivity contribution in [3.63, 3.8) is 0 Å². The van der Waals surface area contributed by atoms with Gasteiger partial charge in [-0.1, -0.05) is 25.1 Å². The molecule has 2 heterocycles. The van der Waals surface area contributed by atoms with E-state index in [-0.39, 0.29) is 5.91 Å². The summed E-state index contributed by atoms with van der Waals surface area (Å²) >= 11 is 0. The van der Waals surface area contributed by atoms with Gasteiger partial charge in [0.25, 0.3) is 5.91 Å². The van der Waals surface area contributed by atoms with Crippen LogP contribution in [0, 0.1) is 5.92 Å². The number of ether oxygens (including phenoxy) is 1. The lowest BCUT2D eigenvalue weighted by Crippen LogP contribution is -2.33. The minimum absolute atomic E-state index is 0.0805. The first-order chi connectivity index (χ1) is 12.7. The number of hydrogen-bond donors (Lipinski definition) is 1. The number of hydrogen-bond acceptors (Lipinski definition) is 4. The molecule has 2 aromatic rings. The standard InChI is InChI=1S/C21H27N3O2/c1-16-9-11-24(12-10-16)20-8-5-18(13-22-20)14-23-21(25)19-6-3-17(4-7-19)15-26-2/h3-8,13,16H,9-12,14-15H2,1-2H3,(H,23,25). The zero-order valence-electron chi connectivity index (χ0n) is 15.6. The summed E-state index contributed by atoms with van der Waals surface area (Å²) in [6.45, 7) is 5.48. The first-order valence-electron chi connectivity index (χ1n) is 9.21. The van der Waals surface area contributed by atoms with Gasteiger partial charge < -0.3 is 15.0 Å². The van der Waals surface area contributed by atoms with E-state index in [9.17, 15) is 4.79 Å². The fourth-order valence-corrected chi connectivity index (χ4v) is 3.15. The molecule has 0 unspecified atom stereocenters. The van der Waals surface area contributed by atoms with E-state index < -0.39 is 0 Å². The molecule has 0 radical (unpaired) electrons. The van der Waals surface area contributed by atoms with E-state index in [1.807, 2.05) is 36.5 Å². The van der Waals surface area contributed by atoms with E-state index >= 15 is 0 Å². The van der Waals surface area contributed by atoms with Gasteiger partial charge in [-0.3, -0.25) is 4.79 Å². The molecule has 1 N–H and O–H groups in total. The lowest BCUT2D eigenvalue weighted by molar-refractivity contribution is 0.0951. The van der Waals surface area contributed by atoms with Crippen molar-refractivity contribution < 1.29 is 9.53 Å². The number of anilines is 1. The van der Waals surface area contributed by atoms with Crippen LogP contribution in [0.3, 0.4) is 0 Å². The van der Waals surface area contributed by atoms with Gasteiger partial charge in [-0.15, -0.1) is 0 Å². The number of carbonyl (C=O) groups excluding carboxylic acids is 1. The van der Waals surface area contributed by atoms with Crippen molar-refractivity contribution in [3.05, 3.63) is 59.3 Å². The molecule has 1 aliphatic rings. The van der Waals surface area contributed by atoms with Gasteiger partial charge in [0.05, 0.1) is 6.61 Å². The number of methoxy groups -OCH3 is 1. The number of aromatic nitrogens is 1. The predicted molar refractivity (Wildman–Crippen MR) is 103 cm³/mol. The fraction of sp³-hybridized carbons (Fsp3) is 0.429. The van der Waals surface area contributed by atoms with Crippen LogP contribution in [0.2, 0.25) is 0 Å². The first-order valence-corrected chi connectivity index (χ1v) is 9.21. The van der Waals surface area contributed by atoms with E-state index in [0.717, 1.165) is 36.0 Å². The van der Waals surface area contributed by atoms with Crippen LogP contribution in [-0.4, -0.2) is 31.1 Å². The summed E-state index contributed by atoms with van der Waals surface area (Å²) in [7, 11) is 1.66. The molecule has 0 aliphatic carbocycles. The number of piperidine rings is 1. The second-order valence-corrected chi connectivity index (χ2v) is 7.01. The second-order valence-electron chi connectivity index (χ2n) is 7.01. The Morgan fingerprint density at radius 2 is 1.85 bits per heavy atom. The highest BCUT2D eigenvalue weighted by Crippen LogP contribution is 2.21. The number of carbonyl (C=O) groups is 1. The zero-order valence-corrected chi connectivity index (χ0v) is 15.6. The Hall–Kier alpha value is -2.40. The van der Waals surface area contributed by atoms with Gasteiger partial charge in [0, 0.05) is 38.5 Å². The Morgan fingerprint density at radius 1 is 1.15 bits per heavy atom. The molecule has 26 heavy (non-hydrogen) atoms. The van der Waals surface area contributed by atoms with Gasteiger partial charge in [-0.25, -0.2) is 4.98 Å². The molecule has 1 aromatic heterocycles. The van der Waals surface area contributed by atoms with Gasteiger partial charge in [0.1, 0.15) is 5.82 Å². The molecule has 0 atom stereocenters. The van der Waals surface area contributed by atoms with Gasteiger partial charge in [-0.05, 0) is 48.1 Å². The number of nitrogens with zero attached hydrogens (tertiary/aromatic N) is 2. The number of nitrogens with one attached hydrogen (secondary N) is 1. The third-order valence-electron chi connectivity index (χ3n) is 4.90. The molecule has 138 valence electrons. The molecule has 5 nitrogen and oxygen atoms in total. The lowest BCUT2D eigenvalue weighted by Gasteiger charge is -2.31. The lowest BCUT2D eigenvalue weighted by atomic mass is 9.99. The largest absolute Gasteiger partial charge is 0.380 e. The van der Waals surface area contributed by atoms with Crippen molar-refractivity contribution in [1.29, 1.82) is 0 Å². The van der Waals surface area contributed by atoms with Crippen LogP contribution in [-0.2, 0) is 17.9 Å². The monoisotopic (exact) mass is 353 g/mol. The maximum Gasteiger partial charge on any atom is 0.251 e. The molecule has 0 bridgehead atoms. The fourth-order valence-electron chi connectivity index (χ4n) is 3.15. The summed E-state index contributed by atoms with van der Waals surface area (Å²) in [5.41, 5.74) is 2.70. The van der Waals surface area contributed by atoms with Gasteiger partial charge in [-0.2, -0.15) is 0 Å². The number of benzene rings is 1. The third kappa shape index (κ3) is 4.82. The van der Waals surface area contributed by atoms with Crippen molar-refractivity contribution in [2.75, 3.05) is 25.1 Å². The number of amides is 1. The van der Waals surface area contributed by atoms with Crippen LogP contribution in [0.4, 0.5) is 5.82 Å². The van der Waals surface area contributed by atoms with Crippen LogP contribution in [0.25, 0.3) is 0 Å². The van der Waals surface area contributed by atoms with Crippen molar-refractivity contribution in [3.8, 4) is 0 Å². The maximum absolute atomic E-state index is 12.3. The first kappa shape index (κ1) is 18.4. The summed E-state index contributed by atoms with van der Waals surface area (Å²) in [5, 5.41) is 2.95. The highest BCUT2D eigenvalue weighted by Gasteiger charge is 2.16. The summed E-state index contributed by atoms with van der Waals surface area (Å²) in [4.78, 5) is 19.2. The number of rotatable bonds is 6. The van der Waals surface area contributed by atoms with E-state index in [1.165, 1.54) is 12.8 Å². The highest BCUT2D eigenvalue weighted by atomic mass is 16.5.